The Morgan fingerprint density at radius 3 is 2.74 bits per heavy atom. The summed E-state index contributed by atoms with van der Waals surface area (Å²) in [7, 11) is 0. The lowest BCUT2D eigenvalue weighted by atomic mass is 9.88. The van der Waals surface area contributed by atoms with E-state index in [-0.39, 0.29) is 19.4 Å². The summed E-state index contributed by atoms with van der Waals surface area (Å²) in [4.78, 5) is 35.7. The number of nitrogens with one attached hydrogen (secondary N) is 1. The molecular formula is C16H20NO5S-. The molecule has 1 aliphatic rings. The monoisotopic (exact) mass is 338 g/mol. The first-order valence-corrected chi connectivity index (χ1v) is 8.55. The number of fused-ring (bicyclic) bond motifs is 1. The molecule has 0 saturated carbocycles. The number of thiophene rings is 1. The Kier molecular flexibility index (Phi) is 5.76. The number of carboxylic acid groups (broad SMARTS) is 1. The molecule has 0 saturated heterocycles. The molecule has 0 unspecified atom stereocenters. The van der Waals surface area contributed by atoms with Crippen molar-refractivity contribution in [3.05, 3.63) is 16.0 Å². The van der Waals surface area contributed by atoms with Crippen LogP contribution in [0, 0.1) is 5.92 Å². The van der Waals surface area contributed by atoms with Gasteiger partial charge in [-0.1, -0.05) is 6.92 Å². The second kappa shape index (κ2) is 7.59. The molecule has 1 heterocycles. The Bertz CT molecular complexity index is 622. The van der Waals surface area contributed by atoms with Gasteiger partial charge in [-0.2, -0.15) is 0 Å². The first-order valence-electron chi connectivity index (χ1n) is 7.73. The summed E-state index contributed by atoms with van der Waals surface area (Å²) in [5, 5.41) is 13.6. The standard InChI is InChI=1S/C16H21NO5S/c1-3-22-16(21)14-10-8-9(2)4-5-11(10)23-15(14)17-12(18)6-7-13(19)20/h9H,3-8H2,1-2H3,(H,17,18)(H,19,20)/p-1/t9-/m0/s1. The van der Waals surface area contributed by atoms with E-state index in [0.717, 1.165) is 29.7 Å². The second-order valence-electron chi connectivity index (χ2n) is 5.70. The molecule has 0 radical (unpaired) electrons. The van der Waals surface area contributed by atoms with Crippen LogP contribution in [0.15, 0.2) is 0 Å². The number of ether oxygens (including phenoxy) is 1. The first-order chi connectivity index (χ1) is 10.9. The zero-order valence-electron chi connectivity index (χ0n) is 13.3. The van der Waals surface area contributed by atoms with Gasteiger partial charge < -0.3 is 20.0 Å². The number of hydrogen-bond acceptors (Lipinski definition) is 6. The maximum atomic E-state index is 12.3. The summed E-state index contributed by atoms with van der Waals surface area (Å²) in [6, 6.07) is 0. The summed E-state index contributed by atoms with van der Waals surface area (Å²) in [6.07, 6.45) is 2.19. The van der Waals surface area contributed by atoms with Gasteiger partial charge in [-0.3, -0.25) is 4.79 Å². The molecule has 1 atom stereocenters. The number of anilines is 1. The summed E-state index contributed by atoms with van der Waals surface area (Å²) in [5.74, 6) is -1.67. The van der Waals surface area contributed by atoms with Gasteiger partial charge in [0, 0.05) is 17.3 Å². The normalized spacial score (nSPS) is 16.5. The van der Waals surface area contributed by atoms with Crippen molar-refractivity contribution in [1.29, 1.82) is 0 Å². The van der Waals surface area contributed by atoms with Crippen molar-refractivity contribution in [2.45, 2.75) is 46.0 Å². The topological polar surface area (TPSA) is 95.5 Å². The Morgan fingerprint density at radius 2 is 2.09 bits per heavy atom. The number of carbonyl (C=O) groups is 3. The summed E-state index contributed by atoms with van der Waals surface area (Å²) in [6.45, 7) is 4.13. The Hall–Kier alpha value is -1.89. The summed E-state index contributed by atoms with van der Waals surface area (Å²) in [5.41, 5.74) is 1.39. The number of carboxylic acids is 1. The third kappa shape index (κ3) is 4.31. The predicted octanol–water partition coefficient (Wildman–Crippen LogP) is 1.52. The Labute approximate surface area is 138 Å². The lowest BCUT2D eigenvalue weighted by Crippen LogP contribution is -2.24. The van der Waals surface area contributed by atoms with E-state index in [0.29, 0.717) is 16.5 Å². The average molecular weight is 338 g/mol. The molecule has 0 spiro atoms. The largest absolute Gasteiger partial charge is 0.550 e. The van der Waals surface area contributed by atoms with E-state index in [1.165, 1.54) is 11.3 Å². The number of hydrogen-bond donors (Lipinski definition) is 1. The average Bonchev–Trinajstić information content (AvgIpc) is 2.82. The van der Waals surface area contributed by atoms with Crippen molar-refractivity contribution in [2.75, 3.05) is 11.9 Å². The highest BCUT2D eigenvalue weighted by atomic mass is 32.1. The number of esters is 1. The first kappa shape index (κ1) is 17.5. The van der Waals surface area contributed by atoms with Crippen LogP contribution in [0.2, 0.25) is 0 Å². The van der Waals surface area contributed by atoms with Gasteiger partial charge in [0.15, 0.2) is 0 Å². The number of carbonyl (C=O) groups excluding carboxylic acids is 3. The zero-order valence-corrected chi connectivity index (χ0v) is 14.1. The van der Waals surface area contributed by atoms with E-state index in [4.69, 9.17) is 4.74 Å². The van der Waals surface area contributed by atoms with Crippen LogP contribution in [0.5, 0.6) is 0 Å². The van der Waals surface area contributed by atoms with Crippen LogP contribution in [0.4, 0.5) is 5.00 Å². The molecule has 1 amide bonds. The Morgan fingerprint density at radius 1 is 1.35 bits per heavy atom. The van der Waals surface area contributed by atoms with Crippen LogP contribution in [0.25, 0.3) is 0 Å². The minimum absolute atomic E-state index is 0.177. The molecule has 1 aliphatic carbocycles. The van der Waals surface area contributed by atoms with Gasteiger partial charge >= 0.3 is 5.97 Å². The van der Waals surface area contributed by atoms with Gasteiger partial charge in [-0.05, 0) is 44.1 Å². The SMILES string of the molecule is CCOC(=O)c1c(NC(=O)CCC(=O)[O-])sc2c1C[C@@H](C)CC2. The zero-order chi connectivity index (χ0) is 17.0. The van der Waals surface area contributed by atoms with Gasteiger partial charge in [-0.15, -0.1) is 11.3 Å². The van der Waals surface area contributed by atoms with E-state index in [9.17, 15) is 19.5 Å². The van der Waals surface area contributed by atoms with E-state index in [1.807, 2.05) is 0 Å². The highest BCUT2D eigenvalue weighted by molar-refractivity contribution is 7.17. The van der Waals surface area contributed by atoms with Gasteiger partial charge in [0.1, 0.15) is 5.00 Å². The minimum Gasteiger partial charge on any atom is -0.550 e. The van der Waals surface area contributed by atoms with Crippen molar-refractivity contribution in [1.82, 2.24) is 0 Å². The lowest BCUT2D eigenvalue weighted by Gasteiger charge is -2.18. The van der Waals surface area contributed by atoms with E-state index < -0.39 is 17.8 Å². The van der Waals surface area contributed by atoms with Crippen molar-refractivity contribution >= 4 is 34.2 Å². The van der Waals surface area contributed by atoms with Crippen LogP contribution in [-0.4, -0.2) is 24.5 Å². The van der Waals surface area contributed by atoms with E-state index in [2.05, 4.69) is 12.2 Å². The number of rotatable bonds is 6. The highest BCUT2D eigenvalue weighted by Gasteiger charge is 2.29. The van der Waals surface area contributed by atoms with E-state index in [1.54, 1.807) is 6.92 Å². The number of amides is 1. The van der Waals surface area contributed by atoms with Crippen molar-refractivity contribution in [2.24, 2.45) is 5.92 Å². The van der Waals surface area contributed by atoms with Crippen molar-refractivity contribution in [3.8, 4) is 0 Å². The molecule has 1 aromatic heterocycles. The quantitative estimate of drug-likeness (QED) is 0.793. The maximum Gasteiger partial charge on any atom is 0.341 e. The molecule has 1 aromatic rings. The number of aryl methyl sites for hydroxylation is 1. The fourth-order valence-corrected chi connectivity index (χ4v) is 3.92. The fourth-order valence-electron chi connectivity index (χ4n) is 2.67. The molecule has 0 bridgehead atoms. The molecular weight excluding hydrogens is 318 g/mol. The van der Waals surface area contributed by atoms with Gasteiger partial charge in [0.2, 0.25) is 5.91 Å². The van der Waals surface area contributed by atoms with Crippen LogP contribution < -0.4 is 10.4 Å². The molecule has 6 nitrogen and oxygen atoms in total. The Balaban J connectivity index is 2.25. The third-order valence-electron chi connectivity index (χ3n) is 3.80. The molecule has 0 aliphatic heterocycles. The fraction of sp³-hybridized carbons (Fsp3) is 0.562. The molecule has 126 valence electrons. The van der Waals surface area contributed by atoms with Gasteiger partial charge in [0.25, 0.3) is 0 Å². The lowest BCUT2D eigenvalue weighted by molar-refractivity contribution is -0.305. The summed E-state index contributed by atoms with van der Waals surface area (Å²) >= 11 is 1.38. The molecule has 0 fully saturated rings. The second-order valence-corrected chi connectivity index (χ2v) is 6.80. The molecule has 23 heavy (non-hydrogen) atoms. The minimum atomic E-state index is -1.27. The molecule has 0 aromatic carbocycles. The van der Waals surface area contributed by atoms with Crippen molar-refractivity contribution < 1.29 is 24.2 Å². The molecule has 7 heteroatoms. The van der Waals surface area contributed by atoms with Crippen LogP contribution in [0.1, 0.15) is 53.9 Å². The third-order valence-corrected chi connectivity index (χ3v) is 5.00. The highest BCUT2D eigenvalue weighted by Crippen LogP contribution is 2.40. The number of aliphatic carboxylic acids is 1. The van der Waals surface area contributed by atoms with E-state index >= 15 is 0 Å². The summed E-state index contributed by atoms with van der Waals surface area (Å²) < 4.78 is 5.12. The van der Waals surface area contributed by atoms with Crippen LogP contribution in [-0.2, 0) is 27.2 Å². The smallest absolute Gasteiger partial charge is 0.341 e. The molecule has 1 N–H and O–H groups in total. The van der Waals surface area contributed by atoms with Crippen LogP contribution >= 0.6 is 11.3 Å². The molecule has 2 rings (SSSR count). The van der Waals surface area contributed by atoms with Crippen molar-refractivity contribution in [3.63, 3.8) is 0 Å². The van der Waals surface area contributed by atoms with Gasteiger partial charge in [-0.25, -0.2) is 4.79 Å². The maximum absolute atomic E-state index is 12.3. The van der Waals surface area contributed by atoms with Gasteiger partial charge in [0.05, 0.1) is 12.2 Å². The van der Waals surface area contributed by atoms with Crippen LogP contribution in [0.3, 0.4) is 0 Å². The predicted molar refractivity (Wildman–Crippen MR) is 84.3 cm³/mol.